The fraction of sp³-hybridized carbons (Fsp3) is 0.222. The van der Waals surface area contributed by atoms with Crippen molar-refractivity contribution in [2.75, 3.05) is 6.54 Å². The SMILES string of the molecule is C[C@H](C(=O)NCCc1cnc[nH]1)N1C(=O)/C(=C/c2cccc(F)c2)SC1=S. The van der Waals surface area contributed by atoms with E-state index in [-0.39, 0.29) is 17.6 Å². The number of carbonyl (C=O) groups excluding carboxylic acids is 2. The van der Waals surface area contributed by atoms with Crippen LogP contribution < -0.4 is 5.32 Å². The molecule has 1 aliphatic rings. The highest BCUT2D eigenvalue weighted by atomic mass is 32.2. The van der Waals surface area contributed by atoms with Crippen LogP contribution in [0.15, 0.2) is 41.7 Å². The van der Waals surface area contributed by atoms with Crippen molar-refractivity contribution in [3.05, 3.63) is 58.8 Å². The van der Waals surface area contributed by atoms with Crippen LogP contribution in [0.4, 0.5) is 4.39 Å². The number of nitrogens with zero attached hydrogens (tertiary/aromatic N) is 2. The zero-order valence-electron chi connectivity index (χ0n) is 14.4. The molecule has 0 spiro atoms. The first kappa shape index (κ1) is 19.2. The van der Waals surface area contributed by atoms with Crippen molar-refractivity contribution in [3.8, 4) is 0 Å². The minimum absolute atomic E-state index is 0.294. The largest absolute Gasteiger partial charge is 0.354 e. The lowest BCUT2D eigenvalue weighted by molar-refractivity contribution is -0.132. The van der Waals surface area contributed by atoms with E-state index in [9.17, 15) is 14.0 Å². The fourth-order valence-electron chi connectivity index (χ4n) is 2.57. The van der Waals surface area contributed by atoms with Crippen LogP contribution >= 0.6 is 24.0 Å². The smallest absolute Gasteiger partial charge is 0.266 e. The van der Waals surface area contributed by atoms with E-state index in [1.807, 2.05) is 0 Å². The molecule has 1 aromatic heterocycles. The Balaban J connectivity index is 1.64. The molecule has 1 fully saturated rings. The molecule has 2 N–H and O–H groups in total. The highest BCUT2D eigenvalue weighted by molar-refractivity contribution is 8.26. The summed E-state index contributed by atoms with van der Waals surface area (Å²) in [5, 5.41) is 2.79. The van der Waals surface area contributed by atoms with Gasteiger partial charge in [-0.2, -0.15) is 0 Å². The summed E-state index contributed by atoms with van der Waals surface area (Å²) in [6, 6.07) is 5.19. The average molecular weight is 404 g/mol. The highest BCUT2D eigenvalue weighted by Gasteiger charge is 2.38. The summed E-state index contributed by atoms with van der Waals surface area (Å²) < 4.78 is 13.6. The van der Waals surface area contributed by atoms with Crippen molar-refractivity contribution in [2.24, 2.45) is 0 Å². The van der Waals surface area contributed by atoms with Gasteiger partial charge in [-0.15, -0.1) is 0 Å². The number of imidazole rings is 1. The number of hydrogen-bond acceptors (Lipinski definition) is 5. The molecule has 0 saturated carbocycles. The number of H-pyrrole nitrogens is 1. The summed E-state index contributed by atoms with van der Waals surface area (Å²) in [6.45, 7) is 2.04. The normalized spacial score (nSPS) is 16.8. The molecule has 0 unspecified atom stereocenters. The predicted molar refractivity (Wildman–Crippen MR) is 106 cm³/mol. The number of halogens is 1. The van der Waals surface area contributed by atoms with E-state index in [2.05, 4.69) is 15.3 Å². The molecule has 2 aromatic rings. The second kappa shape index (κ2) is 8.45. The van der Waals surface area contributed by atoms with Gasteiger partial charge in [-0.25, -0.2) is 9.37 Å². The van der Waals surface area contributed by atoms with Crippen molar-refractivity contribution < 1.29 is 14.0 Å². The number of nitrogens with one attached hydrogen (secondary N) is 2. The van der Waals surface area contributed by atoms with Crippen molar-refractivity contribution in [1.29, 1.82) is 0 Å². The maximum Gasteiger partial charge on any atom is 0.266 e. The maximum atomic E-state index is 13.3. The molecule has 140 valence electrons. The Morgan fingerprint density at radius 3 is 3.04 bits per heavy atom. The third kappa shape index (κ3) is 4.61. The molecule has 27 heavy (non-hydrogen) atoms. The number of thioether (sulfide) groups is 1. The van der Waals surface area contributed by atoms with E-state index in [4.69, 9.17) is 12.2 Å². The van der Waals surface area contributed by atoms with Crippen LogP contribution in [-0.2, 0) is 16.0 Å². The second-order valence-corrected chi connectivity index (χ2v) is 7.58. The highest BCUT2D eigenvalue weighted by Crippen LogP contribution is 2.34. The molecule has 1 saturated heterocycles. The van der Waals surface area contributed by atoms with Gasteiger partial charge in [-0.3, -0.25) is 14.5 Å². The van der Waals surface area contributed by atoms with E-state index < -0.39 is 6.04 Å². The molecule has 0 radical (unpaired) electrons. The number of hydrogen-bond donors (Lipinski definition) is 2. The lowest BCUT2D eigenvalue weighted by Gasteiger charge is -2.22. The Kier molecular flexibility index (Phi) is 6.02. The van der Waals surface area contributed by atoms with Crippen LogP contribution in [0.2, 0.25) is 0 Å². The molecule has 6 nitrogen and oxygen atoms in total. The second-order valence-electron chi connectivity index (χ2n) is 5.90. The Labute approximate surface area is 165 Å². The molecule has 1 aromatic carbocycles. The van der Waals surface area contributed by atoms with Gasteiger partial charge in [0.25, 0.3) is 5.91 Å². The van der Waals surface area contributed by atoms with Gasteiger partial charge in [-0.05, 0) is 30.7 Å². The van der Waals surface area contributed by atoms with E-state index >= 15 is 0 Å². The van der Waals surface area contributed by atoms with Crippen LogP contribution in [0.5, 0.6) is 0 Å². The van der Waals surface area contributed by atoms with Gasteiger partial charge in [0.1, 0.15) is 16.2 Å². The lowest BCUT2D eigenvalue weighted by Crippen LogP contribution is -2.47. The fourth-order valence-corrected chi connectivity index (χ4v) is 3.99. The third-order valence-corrected chi connectivity index (χ3v) is 5.32. The van der Waals surface area contributed by atoms with E-state index in [1.165, 1.54) is 17.0 Å². The zero-order chi connectivity index (χ0) is 19.4. The van der Waals surface area contributed by atoms with E-state index in [1.54, 1.807) is 37.7 Å². The van der Waals surface area contributed by atoms with E-state index in [0.29, 0.717) is 27.8 Å². The van der Waals surface area contributed by atoms with Gasteiger partial charge >= 0.3 is 0 Å². The van der Waals surface area contributed by atoms with Gasteiger partial charge in [0.2, 0.25) is 5.91 Å². The molecule has 0 bridgehead atoms. The summed E-state index contributed by atoms with van der Waals surface area (Å²) >= 11 is 6.37. The Hall–Kier alpha value is -2.52. The van der Waals surface area contributed by atoms with E-state index in [0.717, 1.165) is 17.5 Å². The standard InChI is InChI=1S/C18H17FN4O2S2/c1-11(16(24)21-6-5-14-9-20-10-22-14)23-17(25)15(27-18(23)26)8-12-3-2-4-13(19)7-12/h2-4,7-11H,5-6H2,1H3,(H,20,22)(H,21,24)/b15-8-/t11-/m1/s1. The Bertz CT molecular complexity index is 899. The van der Waals surface area contributed by atoms with Crippen LogP contribution in [-0.4, -0.2) is 43.6 Å². The lowest BCUT2D eigenvalue weighted by atomic mass is 10.2. The quantitative estimate of drug-likeness (QED) is 0.571. The first-order valence-electron chi connectivity index (χ1n) is 8.23. The van der Waals surface area contributed by atoms with Crippen LogP contribution in [0.1, 0.15) is 18.2 Å². The monoisotopic (exact) mass is 404 g/mol. The summed E-state index contributed by atoms with van der Waals surface area (Å²) in [5.41, 5.74) is 1.47. The topological polar surface area (TPSA) is 78.1 Å². The van der Waals surface area contributed by atoms with Crippen molar-refractivity contribution in [1.82, 2.24) is 20.2 Å². The molecular formula is C18H17FN4O2S2. The van der Waals surface area contributed by atoms with Crippen LogP contribution in [0, 0.1) is 5.82 Å². The molecule has 0 aliphatic carbocycles. The molecule has 2 amide bonds. The third-order valence-electron chi connectivity index (χ3n) is 3.99. The minimum Gasteiger partial charge on any atom is -0.354 e. The van der Waals surface area contributed by atoms with Crippen molar-refractivity contribution >= 4 is 46.2 Å². The summed E-state index contributed by atoms with van der Waals surface area (Å²) in [4.78, 5) is 33.6. The predicted octanol–water partition coefficient (Wildman–Crippen LogP) is 2.50. The van der Waals surface area contributed by atoms with Crippen molar-refractivity contribution in [2.45, 2.75) is 19.4 Å². The Morgan fingerprint density at radius 1 is 1.52 bits per heavy atom. The molecule has 3 rings (SSSR count). The molecular weight excluding hydrogens is 387 g/mol. The van der Waals surface area contributed by atoms with Gasteiger partial charge in [0.15, 0.2) is 0 Å². The number of benzene rings is 1. The summed E-state index contributed by atoms with van der Waals surface area (Å²) in [5.74, 6) is -1.03. The number of amides is 2. The van der Waals surface area contributed by atoms with Gasteiger partial charge in [0, 0.05) is 24.9 Å². The van der Waals surface area contributed by atoms with Crippen molar-refractivity contribution in [3.63, 3.8) is 0 Å². The summed E-state index contributed by atoms with van der Waals surface area (Å²) in [6.07, 6.45) is 5.45. The molecule has 1 aliphatic heterocycles. The molecule has 9 heteroatoms. The number of thiocarbonyl (C=S) groups is 1. The number of carbonyl (C=O) groups is 2. The zero-order valence-corrected chi connectivity index (χ0v) is 16.1. The summed E-state index contributed by atoms with van der Waals surface area (Å²) in [7, 11) is 0. The Morgan fingerprint density at radius 2 is 2.33 bits per heavy atom. The number of aromatic nitrogens is 2. The number of aromatic amines is 1. The van der Waals surface area contributed by atoms with Gasteiger partial charge < -0.3 is 10.3 Å². The van der Waals surface area contributed by atoms with Crippen LogP contribution in [0.25, 0.3) is 6.08 Å². The van der Waals surface area contributed by atoms with Gasteiger partial charge in [0.05, 0.1) is 11.2 Å². The minimum atomic E-state index is -0.738. The first-order valence-corrected chi connectivity index (χ1v) is 9.46. The van der Waals surface area contributed by atoms with Crippen LogP contribution in [0.3, 0.4) is 0 Å². The average Bonchev–Trinajstić information content (AvgIpc) is 3.23. The molecule has 2 heterocycles. The maximum absolute atomic E-state index is 13.3. The first-order chi connectivity index (χ1) is 13.0. The van der Waals surface area contributed by atoms with Gasteiger partial charge in [-0.1, -0.05) is 36.1 Å². The molecule has 1 atom stereocenters. The number of rotatable bonds is 6.